The van der Waals surface area contributed by atoms with Gasteiger partial charge in [0.2, 0.25) is 6.79 Å². The minimum Gasteiger partial charge on any atom is -0.496 e. The number of rotatable bonds is 5. The van der Waals surface area contributed by atoms with E-state index in [2.05, 4.69) is 23.9 Å². The number of hydrogen-bond acceptors (Lipinski definition) is 3. The molecule has 1 heterocycles. The van der Waals surface area contributed by atoms with E-state index in [1.165, 1.54) is 11.1 Å². The summed E-state index contributed by atoms with van der Waals surface area (Å²) in [7, 11) is 1.71. The molecule has 4 heteroatoms. The van der Waals surface area contributed by atoms with Gasteiger partial charge in [-0.25, -0.2) is 0 Å². The molecule has 0 amide bonds. The third-order valence-electron chi connectivity index (χ3n) is 3.81. The minimum atomic E-state index is 0.244. The van der Waals surface area contributed by atoms with Crippen molar-refractivity contribution in [3.05, 3.63) is 53.6 Å². The van der Waals surface area contributed by atoms with Crippen molar-refractivity contribution in [2.75, 3.05) is 20.4 Å². The van der Waals surface area contributed by atoms with E-state index in [9.17, 15) is 0 Å². The molecule has 2 aromatic carbocycles. The van der Waals surface area contributed by atoms with Crippen LogP contribution in [0.2, 0.25) is 0 Å². The first-order valence-corrected chi connectivity index (χ1v) is 7.15. The highest BCUT2D eigenvalue weighted by molar-refractivity contribution is 5.49. The van der Waals surface area contributed by atoms with E-state index in [1.54, 1.807) is 7.11 Å². The lowest BCUT2D eigenvalue weighted by Gasteiger charge is -2.19. The molecule has 0 radical (unpaired) electrons. The van der Waals surface area contributed by atoms with E-state index in [0.29, 0.717) is 6.79 Å². The van der Waals surface area contributed by atoms with Crippen molar-refractivity contribution in [1.29, 1.82) is 0 Å². The Morgan fingerprint density at radius 1 is 1.14 bits per heavy atom. The Kier molecular flexibility index (Phi) is 3.97. The summed E-state index contributed by atoms with van der Waals surface area (Å²) in [4.78, 5) is 0. The smallest absolute Gasteiger partial charge is 0.231 e. The van der Waals surface area contributed by atoms with Gasteiger partial charge in [-0.1, -0.05) is 24.3 Å². The van der Waals surface area contributed by atoms with Crippen LogP contribution >= 0.6 is 0 Å². The van der Waals surface area contributed by atoms with Crippen LogP contribution in [-0.2, 0) is 0 Å². The van der Waals surface area contributed by atoms with Crippen molar-refractivity contribution in [3.63, 3.8) is 0 Å². The molecule has 1 atom stereocenters. The molecule has 3 N–H and O–H groups in total. The van der Waals surface area contributed by atoms with E-state index >= 15 is 0 Å². The van der Waals surface area contributed by atoms with Crippen LogP contribution in [0.15, 0.2) is 42.5 Å². The molecular formula is C17H20NO3+. The number of ether oxygens (including phenoxy) is 3. The summed E-state index contributed by atoms with van der Waals surface area (Å²) < 4.78 is 16.4. The average molecular weight is 286 g/mol. The Morgan fingerprint density at radius 2 is 1.95 bits per heavy atom. The van der Waals surface area contributed by atoms with E-state index in [1.807, 2.05) is 24.3 Å². The fraction of sp³-hybridized carbons (Fsp3) is 0.294. The molecule has 0 bridgehead atoms. The van der Waals surface area contributed by atoms with Crippen LogP contribution in [0, 0.1) is 0 Å². The van der Waals surface area contributed by atoms with Gasteiger partial charge in [0, 0.05) is 17.9 Å². The minimum absolute atomic E-state index is 0.244. The third-order valence-corrected chi connectivity index (χ3v) is 3.81. The van der Waals surface area contributed by atoms with Gasteiger partial charge in [0.05, 0.1) is 13.7 Å². The first-order valence-electron chi connectivity index (χ1n) is 7.15. The van der Waals surface area contributed by atoms with Gasteiger partial charge in [0.1, 0.15) is 5.75 Å². The molecule has 0 aliphatic carbocycles. The van der Waals surface area contributed by atoms with Gasteiger partial charge < -0.3 is 19.9 Å². The Hall–Kier alpha value is -2.20. The molecule has 2 aromatic rings. The summed E-state index contributed by atoms with van der Waals surface area (Å²) in [5.74, 6) is 2.78. The molecule has 0 fully saturated rings. The second-order valence-corrected chi connectivity index (χ2v) is 5.05. The predicted octanol–water partition coefficient (Wildman–Crippen LogP) is 2.19. The molecule has 110 valence electrons. The monoisotopic (exact) mass is 286 g/mol. The number of methoxy groups -OCH3 is 1. The molecule has 1 aliphatic heterocycles. The highest BCUT2D eigenvalue weighted by Crippen LogP contribution is 2.39. The lowest BCUT2D eigenvalue weighted by atomic mass is 9.87. The topological polar surface area (TPSA) is 55.3 Å². The van der Waals surface area contributed by atoms with Crippen LogP contribution in [0.3, 0.4) is 0 Å². The van der Waals surface area contributed by atoms with Crippen molar-refractivity contribution in [3.8, 4) is 17.2 Å². The van der Waals surface area contributed by atoms with Crippen molar-refractivity contribution in [2.24, 2.45) is 0 Å². The fourth-order valence-corrected chi connectivity index (χ4v) is 2.79. The first kappa shape index (κ1) is 13.8. The molecule has 0 aromatic heterocycles. The average Bonchev–Trinajstić information content (AvgIpc) is 3.00. The van der Waals surface area contributed by atoms with Crippen molar-refractivity contribution in [1.82, 2.24) is 0 Å². The summed E-state index contributed by atoms with van der Waals surface area (Å²) in [5, 5.41) is 0. The molecule has 0 unspecified atom stereocenters. The van der Waals surface area contributed by atoms with Gasteiger partial charge in [-0.2, -0.15) is 0 Å². The highest BCUT2D eigenvalue weighted by Gasteiger charge is 2.21. The van der Waals surface area contributed by atoms with Gasteiger partial charge in [0.25, 0.3) is 0 Å². The van der Waals surface area contributed by atoms with E-state index in [-0.39, 0.29) is 5.92 Å². The van der Waals surface area contributed by atoms with Crippen LogP contribution in [0.4, 0.5) is 0 Å². The van der Waals surface area contributed by atoms with Gasteiger partial charge in [-0.3, -0.25) is 0 Å². The zero-order valence-corrected chi connectivity index (χ0v) is 12.2. The second-order valence-electron chi connectivity index (χ2n) is 5.05. The quantitative estimate of drug-likeness (QED) is 0.916. The standard InChI is InChI=1S/C17H19NO3/c1-19-15-5-3-2-4-14(15)13(8-9-18)12-6-7-16-17(10-12)21-11-20-16/h2-7,10,13H,8-9,11,18H2,1H3/p+1/t13-/m1/s1. The molecule has 0 spiro atoms. The Labute approximate surface area is 124 Å². The molecule has 0 saturated heterocycles. The number of quaternary nitrogens is 1. The Balaban J connectivity index is 2.01. The summed E-state index contributed by atoms with van der Waals surface area (Å²) in [6.07, 6.45) is 0.958. The van der Waals surface area contributed by atoms with Crippen LogP contribution in [0.25, 0.3) is 0 Å². The Bertz CT molecular complexity index is 627. The second kappa shape index (κ2) is 6.06. The largest absolute Gasteiger partial charge is 0.496 e. The number of para-hydroxylation sites is 1. The van der Waals surface area contributed by atoms with Crippen LogP contribution in [0.1, 0.15) is 23.5 Å². The molecule has 21 heavy (non-hydrogen) atoms. The number of hydrogen-bond donors (Lipinski definition) is 1. The van der Waals surface area contributed by atoms with E-state index in [0.717, 1.165) is 30.2 Å². The summed E-state index contributed by atoms with van der Waals surface area (Å²) >= 11 is 0. The zero-order chi connectivity index (χ0) is 14.7. The van der Waals surface area contributed by atoms with Gasteiger partial charge in [0.15, 0.2) is 11.5 Å². The first-order chi connectivity index (χ1) is 10.3. The van der Waals surface area contributed by atoms with Gasteiger partial charge in [-0.15, -0.1) is 0 Å². The molecule has 1 aliphatic rings. The van der Waals surface area contributed by atoms with Gasteiger partial charge in [-0.05, 0) is 23.8 Å². The molecule has 3 rings (SSSR count). The maximum absolute atomic E-state index is 5.51. The lowest BCUT2D eigenvalue weighted by molar-refractivity contribution is -0.368. The van der Waals surface area contributed by atoms with Crippen molar-refractivity contribution >= 4 is 0 Å². The summed E-state index contributed by atoms with van der Waals surface area (Å²) in [5.41, 5.74) is 6.39. The molecule has 0 saturated carbocycles. The maximum Gasteiger partial charge on any atom is 0.231 e. The predicted molar refractivity (Wildman–Crippen MR) is 79.8 cm³/mol. The maximum atomic E-state index is 5.51. The van der Waals surface area contributed by atoms with Crippen LogP contribution < -0.4 is 19.9 Å². The van der Waals surface area contributed by atoms with E-state index in [4.69, 9.17) is 14.2 Å². The number of fused-ring (bicyclic) bond motifs is 1. The van der Waals surface area contributed by atoms with Crippen LogP contribution in [-0.4, -0.2) is 20.4 Å². The Morgan fingerprint density at radius 3 is 2.76 bits per heavy atom. The summed E-state index contributed by atoms with van der Waals surface area (Å²) in [6, 6.07) is 14.3. The van der Waals surface area contributed by atoms with Crippen LogP contribution in [0.5, 0.6) is 17.2 Å². The normalized spacial score (nSPS) is 14.0. The summed E-state index contributed by atoms with van der Waals surface area (Å²) in [6.45, 7) is 1.16. The fourth-order valence-electron chi connectivity index (χ4n) is 2.79. The van der Waals surface area contributed by atoms with Crippen molar-refractivity contribution in [2.45, 2.75) is 12.3 Å². The van der Waals surface area contributed by atoms with Gasteiger partial charge >= 0.3 is 0 Å². The molecular weight excluding hydrogens is 266 g/mol. The highest BCUT2D eigenvalue weighted by atomic mass is 16.7. The van der Waals surface area contributed by atoms with Crippen molar-refractivity contribution < 1.29 is 19.9 Å². The van der Waals surface area contributed by atoms with E-state index < -0.39 is 0 Å². The third kappa shape index (κ3) is 2.67. The SMILES string of the molecule is COc1ccccc1[C@H](CC[NH3+])c1ccc2c(c1)OCO2. The number of benzene rings is 2. The molecule has 4 nitrogen and oxygen atoms in total. The lowest BCUT2D eigenvalue weighted by Crippen LogP contribution is -2.50. The zero-order valence-electron chi connectivity index (χ0n) is 12.2.